The molecule has 0 spiro atoms. The Balaban J connectivity index is 1.29. The lowest BCUT2D eigenvalue weighted by Crippen LogP contribution is -2.49. The Kier molecular flexibility index (Phi) is 5.23. The number of amides is 1. The van der Waals surface area contributed by atoms with Crippen molar-refractivity contribution in [2.45, 2.75) is 6.67 Å². The number of aromatic nitrogens is 1. The summed E-state index contributed by atoms with van der Waals surface area (Å²) in [5, 5.41) is 2.77. The summed E-state index contributed by atoms with van der Waals surface area (Å²) < 4.78 is 19.8. The van der Waals surface area contributed by atoms with Gasteiger partial charge in [-0.25, -0.2) is 9.18 Å². The molecule has 2 aromatic carbocycles. The molecule has 0 saturated carbocycles. The SMILES string of the molecule is O=C(CN1CCN(Cn2c(=O)oc3ccccc32)CC1)Nc1ccc(F)cc1. The fourth-order valence-electron chi connectivity index (χ4n) is 3.37. The van der Waals surface area contributed by atoms with Crippen LogP contribution in [0.25, 0.3) is 11.1 Å². The van der Waals surface area contributed by atoms with Gasteiger partial charge in [-0.2, -0.15) is 0 Å². The summed E-state index contributed by atoms with van der Waals surface area (Å²) in [7, 11) is 0. The maximum atomic E-state index is 12.9. The van der Waals surface area contributed by atoms with Gasteiger partial charge in [0.15, 0.2) is 5.58 Å². The van der Waals surface area contributed by atoms with Crippen LogP contribution in [0.2, 0.25) is 0 Å². The molecule has 28 heavy (non-hydrogen) atoms. The zero-order valence-electron chi connectivity index (χ0n) is 15.3. The van der Waals surface area contributed by atoms with Crippen LogP contribution in [0.5, 0.6) is 0 Å². The van der Waals surface area contributed by atoms with Crippen LogP contribution >= 0.6 is 0 Å². The van der Waals surface area contributed by atoms with E-state index >= 15 is 0 Å². The molecule has 0 atom stereocenters. The first-order chi connectivity index (χ1) is 13.6. The fraction of sp³-hybridized carbons (Fsp3) is 0.300. The normalized spacial score (nSPS) is 15.8. The Bertz CT molecular complexity index is 1020. The highest BCUT2D eigenvalue weighted by Crippen LogP contribution is 2.13. The van der Waals surface area contributed by atoms with Gasteiger partial charge >= 0.3 is 5.76 Å². The smallest absolute Gasteiger partial charge is 0.408 e. The van der Waals surface area contributed by atoms with Crippen LogP contribution in [-0.2, 0) is 11.5 Å². The Morgan fingerprint density at radius 1 is 1.00 bits per heavy atom. The van der Waals surface area contributed by atoms with E-state index in [1.54, 1.807) is 10.6 Å². The zero-order chi connectivity index (χ0) is 19.5. The summed E-state index contributed by atoms with van der Waals surface area (Å²) in [6.45, 7) is 3.68. The summed E-state index contributed by atoms with van der Waals surface area (Å²) in [6, 6.07) is 13.1. The van der Waals surface area contributed by atoms with Crippen LogP contribution in [0.3, 0.4) is 0 Å². The molecule has 1 amide bonds. The third-order valence-corrected chi connectivity index (χ3v) is 4.88. The Morgan fingerprint density at radius 2 is 1.68 bits per heavy atom. The van der Waals surface area contributed by atoms with Gasteiger partial charge < -0.3 is 9.73 Å². The van der Waals surface area contributed by atoms with E-state index in [0.717, 1.165) is 31.7 Å². The number of carbonyl (C=O) groups excluding carboxylic acids is 1. The number of nitrogens with zero attached hydrogens (tertiary/aromatic N) is 3. The van der Waals surface area contributed by atoms with E-state index in [4.69, 9.17) is 4.42 Å². The van der Waals surface area contributed by atoms with E-state index in [9.17, 15) is 14.0 Å². The van der Waals surface area contributed by atoms with Crippen molar-refractivity contribution in [2.75, 3.05) is 38.0 Å². The lowest BCUT2D eigenvalue weighted by atomic mass is 10.3. The Morgan fingerprint density at radius 3 is 2.43 bits per heavy atom. The maximum absolute atomic E-state index is 12.9. The summed E-state index contributed by atoms with van der Waals surface area (Å²) in [6.07, 6.45) is 0. The lowest BCUT2D eigenvalue weighted by Gasteiger charge is -2.34. The minimum Gasteiger partial charge on any atom is -0.408 e. The van der Waals surface area contributed by atoms with Crippen molar-refractivity contribution in [3.8, 4) is 0 Å². The van der Waals surface area contributed by atoms with Crippen LogP contribution in [0.4, 0.5) is 10.1 Å². The van der Waals surface area contributed by atoms with E-state index < -0.39 is 0 Å². The number of piperazine rings is 1. The number of oxazole rings is 1. The van der Waals surface area contributed by atoms with Gasteiger partial charge in [0.1, 0.15) is 5.82 Å². The summed E-state index contributed by atoms with van der Waals surface area (Å²) in [4.78, 5) is 28.5. The first kappa shape index (κ1) is 18.4. The largest absolute Gasteiger partial charge is 0.421 e. The number of hydrogen-bond acceptors (Lipinski definition) is 5. The molecule has 1 aliphatic rings. The number of fused-ring (bicyclic) bond motifs is 1. The molecule has 8 heteroatoms. The molecule has 0 unspecified atom stereocenters. The Labute approximate surface area is 161 Å². The molecule has 1 aliphatic heterocycles. The first-order valence-corrected chi connectivity index (χ1v) is 9.17. The van der Waals surface area contributed by atoms with Crippen molar-refractivity contribution >= 4 is 22.7 Å². The van der Waals surface area contributed by atoms with Crippen molar-refractivity contribution in [1.29, 1.82) is 0 Å². The van der Waals surface area contributed by atoms with Gasteiger partial charge in [0.05, 0.1) is 18.7 Å². The number of nitrogens with one attached hydrogen (secondary N) is 1. The number of halogens is 1. The average molecular weight is 384 g/mol. The quantitative estimate of drug-likeness (QED) is 0.728. The molecule has 0 radical (unpaired) electrons. The van der Waals surface area contributed by atoms with E-state index in [0.29, 0.717) is 17.9 Å². The molecule has 1 N–H and O–H groups in total. The predicted octanol–water partition coefficient (Wildman–Crippen LogP) is 1.95. The third-order valence-electron chi connectivity index (χ3n) is 4.88. The Hall–Kier alpha value is -2.97. The highest BCUT2D eigenvalue weighted by atomic mass is 19.1. The van der Waals surface area contributed by atoms with Gasteiger partial charge in [-0.05, 0) is 36.4 Å². The zero-order valence-corrected chi connectivity index (χ0v) is 15.3. The van der Waals surface area contributed by atoms with Crippen LogP contribution in [0.15, 0.2) is 57.7 Å². The predicted molar refractivity (Wildman–Crippen MR) is 104 cm³/mol. The molecule has 1 fully saturated rings. The molecular weight excluding hydrogens is 363 g/mol. The molecule has 4 rings (SSSR count). The molecular formula is C20H21FN4O3. The standard InChI is InChI=1S/C20H21FN4O3/c21-15-5-7-16(8-6-15)22-19(26)13-23-9-11-24(12-10-23)14-25-17-3-1-2-4-18(17)28-20(25)27/h1-8H,9-14H2,(H,22,26). The van der Waals surface area contributed by atoms with Gasteiger partial charge in [0, 0.05) is 31.9 Å². The second-order valence-electron chi connectivity index (χ2n) is 6.85. The minimum absolute atomic E-state index is 0.128. The van der Waals surface area contributed by atoms with Gasteiger partial charge in [-0.15, -0.1) is 0 Å². The molecule has 0 bridgehead atoms. The number of para-hydroxylation sites is 2. The van der Waals surface area contributed by atoms with Crippen LogP contribution in [-0.4, -0.2) is 53.0 Å². The second kappa shape index (κ2) is 7.95. The second-order valence-corrected chi connectivity index (χ2v) is 6.85. The highest BCUT2D eigenvalue weighted by Gasteiger charge is 2.20. The van der Waals surface area contributed by atoms with Gasteiger partial charge in [0.25, 0.3) is 0 Å². The first-order valence-electron chi connectivity index (χ1n) is 9.17. The van der Waals surface area contributed by atoms with Crippen molar-refractivity contribution in [3.05, 3.63) is 64.9 Å². The van der Waals surface area contributed by atoms with E-state index in [-0.39, 0.29) is 24.0 Å². The topological polar surface area (TPSA) is 70.7 Å². The van der Waals surface area contributed by atoms with E-state index in [1.807, 2.05) is 18.2 Å². The highest BCUT2D eigenvalue weighted by molar-refractivity contribution is 5.92. The molecule has 3 aromatic rings. The molecule has 146 valence electrons. The lowest BCUT2D eigenvalue weighted by molar-refractivity contribution is -0.117. The third kappa shape index (κ3) is 4.13. The number of hydrogen-bond donors (Lipinski definition) is 1. The number of anilines is 1. The summed E-state index contributed by atoms with van der Waals surface area (Å²) in [5.74, 6) is -0.821. The van der Waals surface area contributed by atoms with Crippen LogP contribution in [0.1, 0.15) is 0 Å². The van der Waals surface area contributed by atoms with Gasteiger partial charge in [-0.3, -0.25) is 19.2 Å². The summed E-state index contributed by atoms with van der Waals surface area (Å²) >= 11 is 0. The molecule has 2 heterocycles. The number of rotatable bonds is 5. The monoisotopic (exact) mass is 384 g/mol. The van der Waals surface area contributed by atoms with Crippen molar-refractivity contribution in [2.24, 2.45) is 0 Å². The van der Waals surface area contributed by atoms with Crippen molar-refractivity contribution in [1.82, 2.24) is 14.4 Å². The van der Waals surface area contributed by atoms with E-state index in [1.165, 1.54) is 24.3 Å². The minimum atomic E-state index is -0.359. The molecule has 7 nitrogen and oxygen atoms in total. The fourth-order valence-corrected chi connectivity index (χ4v) is 3.37. The van der Waals surface area contributed by atoms with Crippen LogP contribution in [0, 0.1) is 5.82 Å². The van der Waals surface area contributed by atoms with E-state index in [2.05, 4.69) is 15.1 Å². The van der Waals surface area contributed by atoms with Gasteiger partial charge in [-0.1, -0.05) is 12.1 Å². The molecule has 0 aliphatic carbocycles. The number of benzene rings is 2. The maximum Gasteiger partial charge on any atom is 0.421 e. The van der Waals surface area contributed by atoms with Crippen LogP contribution < -0.4 is 11.1 Å². The van der Waals surface area contributed by atoms with Crippen molar-refractivity contribution < 1.29 is 13.6 Å². The molecule has 1 saturated heterocycles. The average Bonchev–Trinajstić information content (AvgIpc) is 3.00. The van der Waals surface area contributed by atoms with Gasteiger partial charge in [0.2, 0.25) is 5.91 Å². The van der Waals surface area contributed by atoms with Crippen molar-refractivity contribution in [3.63, 3.8) is 0 Å². The molecule has 1 aromatic heterocycles. The summed E-state index contributed by atoms with van der Waals surface area (Å²) in [5.41, 5.74) is 1.95. The number of carbonyl (C=O) groups is 1.